The van der Waals surface area contributed by atoms with Crippen molar-refractivity contribution in [2.24, 2.45) is 10.7 Å². The number of nitrogens with two attached hydrogens (primary N) is 1. The van der Waals surface area contributed by atoms with Crippen LogP contribution in [0.2, 0.25) is 5.02 Å². The standard InChI is InChI=1S/C17H15ClFN3O/c18-13-5-7-14(8-6-13)21-10-9-16(20)22-17(23)11-12-3-1-2-4-15(12)19/h1-10,21H,11H2,(H2,20,22,23)/b10-9-. The lowest BCUT2D eigenvalue weighted by atomic mass is 10.1. The summed E-state index contributed by atoms with van der Waals surface area (Å²) in [5, 5.41) is 3.60. The molecular formula is C17H15ClFN3O. The third-order valence-electron chi connectivity index (χ3n) is 2.90. The molecule has 0 bridgehead atoms. The van der Waals surface area contributed by atoms with E-state index in [-0.39, 0.29) is 17.8 Å². The number of rotatable bonds is 5. The van der Waals surface area contributed by atoms with Gasteiger partial charge in [-0.3, -0.25) is 4.79 Å². The van der Waals surface area contributed by atoms with Gasteiger partial charge in [-0.15, -0.1) is 0 Å². The lowest BCUT2D eigenvalue weighted by Crippen LogP contribution is -2.13. The molecular weight excluding hydrogens is 317 g/mol. The Labute approximate surface area is 138 Å². The van der Waals surface area contributed by atoms with E-state index in [1.54, 1.807) is 42.6 Å². The molecule has 0 atom stereocenters. The highest BCUT2D eigenvalue weighted by Gasteiger charge is 2.06. The second-order valence-electron chi connectivity index (χ2n) is 4.68. The third-order valence-corrected chi connectivity index (χ3v) is 3.15. The molecule has 23 heavy (non-hydrogen) atoms. The number of hydrogen-bond acceptors (Lipinski definition) is 2. The Morgan fingerprint density at radius 2 is 1.91 bits per heavy atom. The van der Waals surface area contributed by atoms with Gasteiger partial charge in [0, 0.05) is 16.9 Å². The van der Waals surface area contributed by atoms with Crippen molar-refractivity contribution < 1.29 is 9.18 Å². The first-order valence-electron chi connectivity index (χ1n) is 6.83. The number of halogens is 2. The summed E-state index contributed by atoms with van der Waals surface area (Å²) in [7, 11) is 0. The Kier molecular flexibility index (Phi) is 5.88. The van der Waals surface area contributed by atoms with Crippen molar-refractivity contribution in [3.63, 3.8) is 0 Å². The van der Waals surface area contributed by atoms with Gasteiger partial charge >= 0.3 is 0 Å². The molecule has 0 unspecified atom stereocenters. The molecule has 0 radical (unpaired) electrons. The number of nitrogens with one attached hydrogen (secondary N) is 1. The maximum atomic E-state index is 13.4. The van der Waals surface area contributed by atoms with E-state index < -0.39 is 11.7 Å². The fourth-order valence-electron chi connectivity index (χ4n) is 1.79. The maximum absolute atomic E-state index is 13.4. The highest BCUT2D eigenvalue weighted by molar-refractivity contribution is 6.30. The third kappa shape index (κ3) is 5.56. The predicted molar refractivity (Wildman–Crippen MR) is 90.9 cm³/mol. The number of nitrogens with zero attached hydrogens (tertiary/aromatic N) is 1. The molecule has 0 saturated heterocycles. The summed E-state index contributed by atoms with van der Waals surface area (Å²) in [6.07, 6.45) is 2.87. The number of carbonyl (C=O) groups is 1. The van der Waals surface area contributed by atoms with Gasteiger partial charge in [-0.25, -0.2) is 4.39 Å². The number of amides is 1. The van der Waals surface area contributed by atoms with Gasteiger partial charge in [0.25, 0.3) is 5.91 Å². The highest BCUT2D eigenvalue weighted by atomic mass is 35.5. The lowest BCUT2D eigenvalue weighted by molar-refractivity contribution is -0.117. The Hall–Kier alpha value is -2.66. The molecule has 2 aromatic rings. The molecule has 0 aliphatic heterocycles. The monoisotopic (exact) mass is 331 g/mol. The molecule has 0 aliphatic carbocycles. The van der Waals surface area contributed by atoms with E-state index in [1.165, 1.54) is 18.2 Å². The molecule has 0 spiro atoms. The molecule has 0 aliphatic rings. The Morgan fingerprint density at radius 1 is 1.22 bits per heavy atom. The summed E-state index contributed by atoms with van der Waals surface area (Å²) >= 11 is 5.78. The number of benzene rings is 2. The van der Waals surface area contributed by atoms with E-state index in [1.807, 2.05) is 0 Å². The van der Waals surface area contributed by atoms with E-state index >= 15 is 0 Å². The van der Waals surface area contributed by atoms with Crippen molar-refractivity contribution >= 4 is 29.0 Å². The zero-order valence-corrected chi connectivity index (χ0v) is 12.9. The van der Waals surface area contributed by atoms with Gasteiger partial charge in [-0.05, 0) is 42.0 Å². The topological polar surface area (TPSA) is 67.5 Å². The van der Waals surface area contributed by atoms with Crippen molar-refractivity contribution in [1.82, 2.24) is 0 Å². The van der Waals surface area contributed by atoms with Crippen LogP contribution in [0.15, 0.2) is 65.8 Å². The van der Waals surface area contributed by atoms with E-state index in [9.17, 15) is 9.18 Å². The van der Waals surface area contributed by atoms with Crippen LogP contribution in [0, 0.1) is 5.82 Å². The van der Waals surface area contributed by atoms with Crippen molar-refractivity contribution in [2.45, 2.75) is 6.42 Å². The Balaban J connectivity index is 1.91. The van der Waals surface area contributed by atoms with Gasteiger partial charge < -0.3 is 11.1 Å². The van der Waals surface area contributed by atoms with Gasteiger partial charge in [0.05, 0.1) is 6.42 Å². The van der Waals surface area contributed by atoms with Crippen LogP contribution in [0.3, 0.4) is 0 Å². The molecule has 2 rings (SSSR count). The first-order valence-corrected chi connectivity index (χ1v) is 7.21. The van der Waals surface area contributed by atoms with Crippen molar-refractivity contribution in [3.05, 3.63) is 77.2 Å². The van der Waals surface area contributed by atoms with Gasteiger partial charge in [-0.2, -0.15) is 4.99 Å². The molecule has 0 saturated carbocycles. The fraction of sp³-hybridized carbons (Fsp3) is 0.0588. The van der Waals surface area contributed by atoms with Crippen LogP contribution >= 0.6 is 11.6 Å². The van der Waals surface area contributed by atoms with Crippen LogP contribution in [0.1, 0.15) is 5.56 Å². The second kappa shape index (κ2) is 8.10. The summed E-state index contributed by atoms with van der Waals surface area (Å²) in [5.74, 6) is -0.911. The minimum atomic E-state index is -0.510. The number of amidine groups is 1. The zero-order chi connectivity index (χ0) is 16.7. The highest BCUT2D eigenvalue weighted by Crippen LogP contribution is 2.13. The van der Waals surface area contributed by atoms with E-state index in [0.717, 1.165) is 5.69 Å². The second-order valence-corrected chi connectivity index (χ2v) is 5.12. The fourth-order valence-corrected chi connectivity index (χ4v) is 1.92. The van der Waals surface area contributed by atoms with Crippen molar-refractivity contribution in [2.75, 3.05) is 5.32 Å². The van der Waals surface area contributed by atoms with Crippen LogP contribution in [0.25, 0.3) is 0 Å². The number of anilines is 1. The molecule has 0 aromatic heterocycles. The molecule has 0 fully saturated rings. The number of carbonyl (C=O) groups excluding carboxylic acids is 1. The van der Waals surface area contributed by atoms with Crippen LogP contribution < -0.4 is 11.1 Å². The molecule has 118 valence electrons. The van der Waals surface area contributed by atoms with Gasteiger partial charge in [0.2, 0.25) is 0 Å². The van der Waals surface area contributed by atoms with E-state index in [4.69, 9.17) is 17.3 Å². The van der Waals surface area contributed by atoms with Crippen molar-refractivity contribution in [3.8, 4) is 0 Å². The van der Waals surface area contributed by atoms with Crippen LogP contribution in [-0.4, -0.2) is 11.7 Å². The maximum Gasteiger partial charge on any atom is 0.252 e. The summed E-state index contributed by atoms with van der Waals surface area (Å²) < 4.78 is 13.4. The number of hydrogen-bond donors (Lipinski definition) is 2. The molecule has 0 heterocycles. The summed E-state index contributed by atoms with van der Waals surface area (Å²) in [4.78, 5) is 15.4. The molecule has 3 N–H and O–H groups in total. The van der Waals surface area contributed by atoms with Gasteiger partial charge in [0.1, 0.15) is 11.7 Å². The zero-order valence-electron chi connectivity index (χ0n) is 12.2. The Morgan fingerprint density at radius 3 is 2.61 bits per heavy atom. The first-order chi connectivity index (χ1) is 11.0. The van der Waals surface area contributed by atoms with Crippen LogP contribution in [0.5, 0.6) is 0 Å². The summed E-state index contributed by atoms with van der Waals surface area (Å²) in [5.41, 5.74) is 6.75. The molecule has 1 amide bonds. The van der Waals surface area contributed by atoms with Crippen LogP contribution in [-0.2, 0) is 11.2 Å². The van der Waals surface area contributed by atoms with E-state index in [2.05, 4.69) is 10.3 Å². The normalized spacial score (nSPS) is 11.7. The molecule has 2 aromatic carbocycles. The van der Waals surface area contributed by atoms with Crippen molar-refractivity contribution in [1.29, 1.82) is 0 Å². The summed E-state index contributed by atoms with van der Waals surface area (Å²) in [6.45, 7) is 0. The lowest BCUT2D eigenvalue weighted by Gasteiger charge is -2.01. The quantitative estimate of drug-likeness (QED) is 0.650. The predicted octanol–water partition coefficient (Wildman–Crippen LogP) is 3.53. The minimum Gasteiger partial charge on any atom is -0.384 e. The van der Waals surface area contributed by atoms with E-state index in [0.29, 0.717) is 5.02 Å². The van der Waals surface area contributed by atoms with Crippen LogP contribution in [0.4, 0.5) is 10.1 Å². The molecule has 4 nitrogen and oxygen atoms in total. The summed E-state index contributed by atoms with van der Waals surface area (Å²) in [6, 6.07) is 13.1. The Bertz CT molecular complexity index is 742. The minimum absolute atomic E-state index is 0.0350. The van der Waals surface area contributed by atoms with Gasteiger partial charge in [0.15, 0.2) is 0 Å². The van der Waals surface area contributed by atoms with Gasteiger partial charge in [-0.1, -0.05) is 29.8 Å². The SMILES string of the molecule is NC(/C=C\Nc1ccc(Cl)cc1)=NC(=O)Cc1ccccc1F. The number of aliphatic imine (C=N–C) groups is 1. The average Bonchev–Trinajstić information content (AvgIpc) is 2.51. The largest absolute Gasteiger partial charge is 0.384 e. The first kappa shape index (κ1) is 16.7. The average molecular weight is 332 g/mol. The smallest absolute Gasteiger partial charge is 0.252 e. The molecule has 6 heteroatoms.